The molecule has 1 heterocycles. The number of nitrogen functional groups attached to an aromatic ring is 1. The summed E-state index contributed by atoms with van der Waals surface area (Å²) in [5.41, 5.74) is 7.21. The summed E-state index contributed by atoms with van der Waals surface area (Å²) >= 11 is 5.76. The maximum atomic E-state index is 11.7. The van der Waals surface area contributed by atoms with Gasteiger partial charge in [0.2, 0.25) is 0 Å². The number of halogens is 1. The zero-order chi connectivity index (χ0) is 13.8. The minimum absolute atomic E-state index is 0.314. The highest BCUT2D eigenvalue weighted by Gasteiger charge is 2.06. The van der Waals surface area contributed by atoms with Gasteiger partial charge in [0.05, 0.1) is 6.20 Å². The molecule has 2 aromatic rings. The second kappa shape index (κ2) is 5.62. The number of amides is 2. The number of hydrogen-bond donors (Lipinski definition) is 3. The van der Waals surface area contributed by atoms with Gasteiger partial charge in [-0.15, -0.1) is 0 Å². The summed E-state index contributed by atoms with van der Waals surface area (Å²) in [6.07, 6.45) is 1.62. The van der Waals surface area contributed by atoms with Gasteiger partial charge >= 0.3 is 6.03 Å². The van der Waals surface area contributed by atoms with E-state index in [4.69, 9.17) is 17.3 Å². The predicted octanol–water partition coefficient (Wildman–Crippen LogP) is 1.98. The van der Waals surface area contributed by atoms with E-state index in [1.54, 1.807) is 42.2 Å². The summed E-state index contributed by atoms with van der Waals surface area (Å²) in [6.45, 7) is 0.319. The fourth-order valence-corrected chi connectivity index (χ4v) is 1.64. The molecule has 6 nitrogen and oxygen atoms in total. The number of carbonyl (C=O) groups excluding carboxylic acids is 1. The second-order valence-electron chi connectivity index (χ2n) is 3.99. The van der Waals surface area contributed by atoms with Crippen LogP contribution in [-0.2, 0) is 13.6 Å². The number of nitrogens with two attached hydrogens (primary N) is 1. The molecule has 0 aliphatic rings. The molecule has 0 bridgehead atoms. The van der Waals surface area contributed by atoms with Crippen LogP contribution in [0.3, 0.4) is 0 Å². The maximum absolute atomic E-state index is 11.7. The zero-order valence-corrected chi connectivity index (χ0v) is 11.1. The average Bonchev–Trinajstić information content (AvgIpc) is 2.70. The summed E-state index contributed by atoms with van der Waals surface area (Å²) in [5, 5.41) is 10.0. The van der Waals surface area contributed by atoms with E-state index in [9.17, 15) is 4.79 Å². The van der Waals surface area contributed by atoms with Gasteiger partial charge in [0.15, 0.2) is 0 Å². The minimum Gasteiger partial charge on any atom is -0.384 e. The van der Waals surface area contributed by atoms with Crippen molar-refractivity contribution in [3.63, 3.8) is 0 Å². The topological polar surface area (TPSA) is 85.0 Å². The SMILES string of the molecule is Cn1ncc(CNC(=O)Nc2ccc(Cl)cc2)c1N. The van der Waals surface area contributed by atoms with Crippen LogP contribution in [0.4, 0.5) is 16.3 Å². The molecule has 0 atom stereocenters. The summed E-state index contributed by atoms with van der Waals surface area (Å²) in [7, 11) is 1.74. The van der Waals surface area contributed by atoms with E-state index in [1.807, 2.05) is 0 Å². The van der Waals surface area contributed by atoms with E-state index in [0.29, 0.717) is 23.1 Å². The number of carbonyl (C=O) groups is 1. The summed E-state index contributed by atoms with van der Waals surface area (Å²) in [6, 6.07) is 6.54. The van der Waals surface area contributed by atoms with Crippen molar-refractivity contribution in [1.82, 2.24) is 15.1 Å². The van der Waals surface area contributed by atoms with Gasteiger partial charge in [-0.25, -0.2) is 4.79 Å². The van der Waals surface area contributed by atoms with E-state index in [0.717, 1.165) is 5.56 Å². The molecule has 7 heteroatoms. The fraction of sp³-hybridized carbons (Fsp3) is 0.167. The minimum atomic E-state index is -0.314. The summed E-state index contributed by atoms with van der Waals surface area (Å²) < 4.78 is 1.55. The van der Waals surface area contributed by atoms with Gasteiger partial charge in [-0.3, -0.25) is 4.68 Å². The van der Waals surface area contributed by atoms with Crippen LogP contribution in [0.25, 0.3) is 0 Å². The quantitative estimate of drug-likeness (QED) is 0.803. The summed E-state index contributed by atoms with van der Waals surface area (Å²) in [4.78, 5) is 11.7. The fourth-order valence-electron chi connectivity index (χ4n) is 1.51. The van der Waals surface area contributed by atoms with E-state index in [-0.39, 0.29) is 6.03 Å². The number of rotatable bonds is 3. The Kier molecular flexibility index (Phi) is 3.91. The van der Waals surface area contributed by atoms with Gasteiger partial charge in [0, 0.05) is 29.9 Å². The van der Waals surface area contributed by atoms with E-state index < -0.39 is 0 Å². The van der Waals surface area contributed by atoms with Crippen molar-refractivity contribution in [2.45, 2.75) is 6.54 Å². The third-order valence-electron chi connectivity index (χ3n) is 2.61. The van der Waals surface area contributed by atoms with Gasteiger partial charge in [0.25, 0.3) is 0 Å². The molecule has 100 valence electrons. The maximum Gasteiger partial charge on any atom is 0.319 e. The molecule has 0 unspecified atom stereocenters. The predicted molar refractivity (Wildman–Crippen MR) is 74.9 cm³/mol. The molecule has 0 saturated heterocycles. The van der Waals surface area contributed by atoms with Crippen molar-refractivity contribution in [2.24, 2.45) is 7.05 Å². The lowest BCUT2D eigenvalue weighted by atomic mass is 10.3. The smallest absolute Gasteiger partial charge is 0.319 e. The highest BCUT2D eigenvalue weighted by Crippen LogP contribution is 2.13. The number of benzene rings is 1. The Morgan fingerprint density at radius 2 is 2.11 bits per heavy atom. The standard InChI is InChI=1S/C12H14ClN5O/c1-18-11(14)8(7-16-18)6-15-12(19)17-10-4-2-9(13)3-5-10/h2-5,7H,6,14H2,1H3,(H2,15,17,19). The number of nitrogens with zero attached hydrogens (tertiary/aromatic N) is 2. The molecule has 0 aliphatic heterocycles. The van der Waals surface area contributed by atoms with E-state index in [1.165, 1.54) is 0 Å². The molecule has 2 amide bonds. The lowest BCUT2D eigenvalue weighted by Gasteiger charge is -2.07. The van der Waals surface area contributed by atoms with Crippen LogP contribution in [0.5, 0.6) is 0 Å². The molecule has 2 rings (SSSR count). The van der Waals surface area contributed by atoms with Crippen molar-refractivity contribution >= 4 is 29.1 Å². The lowest BCUT2D eigenvalue weighted by Crippen LogP contribution is -2.28. The molecule has 0 radical (unpaired) electrons. The third-order valence-corrected chi connectivity index (χ3v) is 2.86. The number of nitrogens with one attached hydrogen (secondary N) is 2. The second-order valence-corrected chi connectivity index (χ2v) is 4.43. The molecule has 19 heavy (non-hydrogen) atoms. The normalized spacial score (nSPS) is 10.2. The molecule has 0 spiro atoms. The van der Waals surface area contributed by atoms with Gasteiger partial charge < -0.3 is 16.4 Å². The average molecular weight is 280 g/mol. The first-order chi connectivity index (χ1) is 9.06. The van der Waals surface area contributed by atoms with Crippen LogP contribution < -0.4 is 16.4 Å². The third kappa shape index (κ3) is 3.38. The molecular weight excluding hydrogens is 266 g/mol. The van der Waals surface area contributed by atoms with Crippen LogP contribution in [0, 0.1) is 0 Å². The first-order valence-electron chi connectivity index (χ1n) is 5.63. The number of hydrogen-bond acceptors (Lipinski definition) is 3. The molecule has 1 aromatic carbocycles. The Labute approximate surface area is 115 Å². The number of aromatic nitrogens is 2. The lowest BCUT2D eigenvalue weighted by molar-refractivity contribution is 0.252. The van der Waals surface area contributed by atoms with Crippen LogP contribution in [0.2, 0.25) is 5.02 Å². The summed E-state index contributed by atoms with van der Waals surface area (Å²) in [5.74, 6) is 0.534. The molecule has 1 aromatic heterocycles. The molecule has 0 fully saturated rings. The van der Waals surface area contributed by atoms with E-state index in [2.05, 4.69) is 15.7 Å². The number of anilines is 2. The Morgan fingerprint density at radius 1 is 1.42 bits per heavy atom. The monoisotopic (exact) mass is 279 g/mol. The van der Waals surface area contributed by atoms with Gasteiger partial charge in [-0.2, -0.15) is 5.10 Å². The Morgan fingerprint density at radius 3 is 2.68 bits per heavy atom. The molecular formula is C12H14ClN5O. The van der Waals surface area contributed by atoms with Gasteiger partial charge in [-0.05, 0) is 24.3 Å². The molecule has 0 aliphatic carbocycles. The van der Waals surface area contributed by atoms with Crippen LogP contribution >= 0.6 is 11.6 Å². The van der Waals surface area contributed by atoms with E-state index >= 15 is 0 Å². The first kappa shape index (κ1) is 13.2. The van der Waals surface area contributed by atoms with Crippen LogP contribution in [-0.4, -0.2) is 15.8 Å². The van der Waals surface area contributed by atoms with Crippen molar-refractivity contribution in [3.8, 4) is 0 Å². The Hall–Kier alpha value is -2.21. The Bertz CT molecular complexity index is 578. The Balaban J connectivity index is 1.88. The van der Waals surface area contributed by atoms with Gasteiger partial charge in [0.1, 0.15) is 5.82 Å². The molecule has 4 N–H and O–H groups in total. The van der Waals surface area contributed by atoms with Crippen LogP contribution in [0.1, 0.15) is 5.56 Å². The largest absolute Gasteiger partial charge is 0.384 e. The highest BCUT2D eigenvalue weighted by molar-refractivity contribution is 6.30. The van der Waals surface area contributed by atoms with Crippen molar-refractivity contribution < 1.29 is 4.79 Å². The van der Waals surface area contributed by atoms with Crippen LogP contribution in [0.15, 0.2) is 30.5 Å². The molecule has 0 saturated carbocycles. The zero-order valence-electron chi connectivity index (χ0n) is 10.4. The van der Waals surface area contributed by atoms with Crippen molar-refractivity contribution in [2.75, 3.05) is 11.1 Å². The van der Waals surface area contributed by atoms with Crippen molar-refractivity contribution in [1.29, 1.82) is 0 Å². The first-order valence-corrected chi connectivity index (χ1v) is 6.01. The number of urea groups is 1. The number of aryl methyl sites for hydroxylation is 1. The van der Waals surface area contributed by atoms with Crippen molar-refractivity contribution in [3.05, 3.63) is 41.0 Å². The highest BCUT2D eigenvalue weighted by atomic mass is 35.5. The van der Waals surface area contributed by atoms with Gasteiger partial charge in [-0.1, -0.05) is 11.6 Å².